The summed E-state index contributed by atoms with van der Waals surface area (Å²) in [5.74, 6) is -1.43. The summed E-state index contributed by atoms with van der Waals surface area (Å²) in [6.07, 6.45) is 0.210. The quantitative estimate of drug-likeness (QED) is 0.662. The van der Waals surface area contributed by atoms with Gasteiger partial charge in [-0.3, -0.25) is 19.2 Å². The average molecular weight is 391 g/mol. The van der Waals surface area contributed by atoms with Crippen LogP contribution in [-0.2, 0) is 23.9 Å². The van der Waals surface area contributed by atoms with Gasteiger partial charge in [-0.25, -0.2) is 0 Å². The van der Waals surface area contributed by atoms with Crippen molar-refractivity contribution in [2.75, 3.05) is 30.3 Å². The molecule has 2 N–H and O–H groups in total. The molecule has 0 aliphatic rings. The maximum absolute atomic E-state index is 12.2. The summed E-state index contributed by atoms with van der Waals surface area (Å²) in [7, 11) is 0. The zero-order valence-corrected chi connectivity index (χ0v) is 17.1. The Labute approximate surface area is 165 Å². The fourth-order valence-corrected chi connectivity index (χ4v) is 2.31. The summed E-state index contributed by atoms with van der Waals surface area (Å²) < 4.78 is 5.01. The van der Waals surface area contributed by atoms with Gasteiger partial charge in [-0.2, -0.15) is 0 Å². The minimum Gasteiger partial charge on any atom is -0.456 e. The predicted octanol–water partition coefficient (Wildman–Crippen LogP) is 2.41. The Balaban J connectivity index is 2.52. The number of benzene rings is 1. The van der Waals surface area contributed by atoms with Crippen LogP contribution in [0.25, 0.3) is 0 Å². The van der Waals surface area contributed by atoms with E-state index in [0.29, 0.717) is 17.9 Å². The van der Waals surface area contributed by atoms with E-state index in [4.69, 9.17) is 4.74 Å². The van der Waals surface area contributed by atoms with E-state index in [1.54, 1.807) is 31.2 Å². The van der Waals surface area contributed by atoms with Crippen molar-refractivity contribution in [3.63, 3.8) is 0 Å². The van der Waals surface area contributed by atoms with Crippen molar-refractivity contribution in [1.29, 1.82) is 0 Å². The van der Waals surface area contributed by atoms with E-state index >= 15 is 0 Å². The first-order valence-corrected chi connectivity index (χ1v) is 9.11. The summed E-state index contributed by atoms with van der Waals surface area (Å²) >= 11 is 0. The molecule has 0 aliphatic heterocycles. The standard InChI is InChI=1S/C20H29N3O5/c1-6-23(18(26)13-28-19(27)11-20(3,4)5)12-17(25)22-16-9-7-15(8-10-16)21-14(2)24/h7-10H,6,11-13H2,1-5H3,(H,21,24)(H,22,25). The maximum atomic E-state index is 12.2. The monoisotopic (exact) mass is 391 g/mol. The lowest BCUT2D eigenvalue weighted by Crippen LogP contribution is -2.40. The van der Waals surface area contributed by atoms with Crippen LogP contribution in [0, 0.1) is 5.41 Å². The molecule has 154 valence electrons. The number of carbonyl (C=O) groups excluding carboxylic acids is 4. The molecular formula is C20H29N3O5. The first-order chi connectivity index (χ1) is 13.0. The van der Waals surface area contributed by atoms with Gasteiger partial charge >= 0.3 is 5.97 Å². The molecule has 0 spiro atoms. The van der Waals surface area contributed by atoms with Crippen LogP contribution in [0.1, 0.15) is 41.0 Å². The third-order valence-electron chi connectivity index (χ3n) is 3.59. The van der Waals surface area contributed by atoms with E-state index in [0.717, 1.165) is 0 Å². The number of hydrogen-bond acceptors (Lipinski definition) is 5. The van der Waals surface area contributed by atoms with Crippen LogP contribution < -0.4 is 10.6 Å². The molecule has 0 bridgehead atoms. The largest absolute Gasteiger partial charge is 0.456 e. The van der Waals surface area contributed by atoms with Crippen LogP contribution >= 0.6 is 0 Å². The van der Waals surface area contributed by atoms with E-state index in [9.17, 15) is 19.2 Å². The minimum absolute atomic E-state index is 0.153. The minimum atomic E-state index is -0.444. The molecule has 3 amide bonds. The number of esters is 1. The molecule has 8 heteroatoms. The van der Waals surface area contributed by atoms with Gasteiger partial charge in [0.2, 0.25) is 11.8 Å². The number of nitrogens with zero attached hydrogens (tertiary/aromatic N) is 1. The smallest absolute Gasteiger partial charge is 0.306 e. The normalized spacial score (nSPS) is 10.8. The van der Waals surface area contributed by atoms with Gasteiger partial charge < -0.3 is 20.3 Å². The first kappa shape index (κ1) is 23.1. The Bertz CT molecular complexity index is 708. The molecule has 1 aromatic carbocycles. The second kappa shape index (κ2) is 10.4. The van der Waals surface area contributed by atoms with Gasteiger partial charge in [0.1, 0.15) is 0 Å². The van der Waals surface area contributed by atoms with Gasteiger partial charge in [0.25, 0.3) is 5.91 Å². The number of likely N-dealkylation sites (N-methyl/N-ethyl adjacent to an activating group) is 1. The van der Waals surface area contributed by atoms with Gasteiger partial charge in [0.05, 0.1) is 13.0 Å². The van der Waals surface area contributed by atoms with Crippen LogP contribution in [0.3, 0.4) is 0 Å². The number of rotatable bonds is 8. The Kier molecular flexibility index (Phi) is 8.63. The van der Waals surface area contributed by atoms with Crippen LogP contribution in [-0.4, -0.2) is 48.3 Å². The number of anilines is 2. The fourth-order valence-electron chi connectivity index (χ4n) is 2.31. The summed E-state index contributed by atoms with van der Waals surface area (Å²) in [4.78, 5) is 48.5. The van der Waals surface area contributed by atoms with Crippen molar-refractivity contribution < 1.29 is 23.9 Å². The van der Waals surface area contributed by atoms with Gasteiger partial charge in [-0.15, -0.1) is 0 Å². The Hall–Kier alpha value is -2.90. The highest BCUT2D eigenvalue weighted by Crippen LogP contribution is 2.18. The lowest BCUT2D eigenvalue weighted by Gasteiger charge is -2.21. The average Bonchev–Trinajstić information content (AvgIpc) is 2.57. The molecule has 0 radical (unpaired) electrons. The van der Waals surface area contributed by atoms with Crippen molar-refractivity contribution in [3.8, 4) is 0 Å². The van der Waals surface area contributed by atoms with Gasteiger partial charge in [-0.05, 0) is 36.6 Å². The van der Waals surface area contributed by atoms with E-state index in [1.807, 2.05) is 20.8 Å². The molecule has 0 saturated carbocycles. The first-order valence-electron chi connectivity index (χ1n) is 9.11. The zero-order valence-electron chi connectivity index (χ0n) is 17.1. The van der Waals surface area contributed by atoms with Gasteiger partial charge in [0, 0.05) is 24.8 Å². The second-order valence-electron chi connectivity index (χ2n) is 7.61. The third kappa shape index (κ3) is 9.16. The van der Waals surface area contributed by atoms with Crippen molar-refractivity contribution in [1.82, 2.24) is 4.90 Å². The molecule has 0 heterocycles. The topological polar surface area (TPSA) is 105 Å². The van der Waals surface area contributed by atoms with Crippen LogP contribution in [0.4, 0.5) is 11.4 Å². The number of carbonyl (C=O) groups is 4. The van der Waals surface area contributed by atoms with E-state index in [1.165, 1.54) is 11.8 Å². The van der Waals surface area contributed by atoms with Crippen molar-refractivity contribution in [2.24, 2.45) is 5.41 Å². The molecule has 28 heavy (non-hydrogen) atoms. The van der Waals surface area contributed by atoms with Crippen LogP contribution in [0.2, 0.25) is 0 Å². The molecule has 1 rings (SSSR count). The Morgan fingerprint density at radius 2 is 1.54 bits per heavy atom. The van der Waals surface area contributed by atoms with Crippen LogP contribution in [0.15, 0.2) is 24.3 Å². The van der Waals surface area contributed by atoms with Gasteiger partial charge in [0.15, 0.2) is 6.61 Å². The molecule has 1 aromatic rings. The number of amides is 3. The molecular weight excluding hydrogens is 362 g/mol. The summed E-state index contributed by atoms with van der Waals surface area (Å²) in [5.41, 5.74) is 0.937. The summed E-state index contributed by atoms with van der Waals surface area (Å²) in [6.45, 7) is 8.63. The lowest BCUT2D eigenvalue weighted by atomic mass is 9.92. The van der Waals surface area contributed by atoms with Crippen LogP contribution in [0.5, 0.6) is 0 Å². The van der Waals surface area contributed by atoms with Crippen molar-refractivity contribution in [3.05, 3.63) is 24.3 Å². The Morgan fingerprint density at radius 1 is 1.00 bits per heavy atom. The van der Waals surface area contributed by atoms with E-state index < -0.39 is 11.9 Å². The molecule has 0 aromatic heterocycles. The van der Waals surface area contributed by atoms with E-state index in [2.05, 4.69) is 10.6 Å². The number of hydrogen-bond donors (Lipinski definition) is 2. The molecule has 0 atom stereocenters. The highest BCUT2D eigenvalue weighted by Gasteiger charge is 2.20. The SMILES string of the molecule is CCN(CC(=O)Nc1ccc(NC(C)=O)cc1)C(=O)COC(=O)CC(C)(C)C. The fraction of sp³-hybridized carbons (Fsp3) is 0.500. The number of ether oxygens (including phenoxy) is 1. The maximum Gasteiger partial charge on any atom is 0.306 e. The van der Waals surface area contributed by atoms with Crippen molar-refractivity contribution in [2.45, 2.75) is 41.0 Å². The molecule has 8 nitrogen and oxygen atoms in total. The molecule has 0 fully saturated rings. The molecule has 0 unspecified atom stereocenters. The molecule has 0 saturated heterocycles. The second-order valence-corrected chi connectivity index (χ2v) is 7.61. The Morgan fingerprint density at radius 3 is 2.00 bits per heavy atom. The van der Waals surface area contributed by atoms with Crippen molar-refractivity contribution >= 4 is 35.1 Å². The lowest BCUT2D eigenvalue weighted by molar-refractivity contribution is -0.153. The van der Waals surface area contributed by atoms with Gasteiger partial charge in [-0.1, -0.05) is 20.8 Å². The molecule has 0 aliphatic carbocycles. The van der Waals surface area contributed by atoms with E-state index in [-0.39, 0.29) is 36.8 Å². The zero-order chi connectivity index (χ0) is 21.3. The highest BCUT2D eigenvalue weighted by molar-refractivity contribution is 5.95. The number of nitrogens with one attached hydrogen (secondary N) is 2. The summed E-state index contributed by atoms with van der Waals surface area (Å²) in [6, 6.07) is 6.62. The highest BCUT2D eigenvalue weighted by atomic mass is 16.5. The predicted molar refractivity (Wildman–Crippen MR) is 107 cm³/mol. The third-order valence-corrected chi connectivity index (χ3v) is 3.59. The summed E-state index contributed by atoms with van der Waals surface area (Å²) in [5, 5.41) is 5.32.